The molecule has 0 fully saturated rings. The molecular formula is C18H20N4O2S. The zero-order valence-electron chi connectivity index (χ0n) is 13.9. The number of imidazole rings is 1. The Balaban J connectivity index is 1.74. The lowest BCUT2D eigenvalue weighted by atomic mass is 9.96. The predicted octanol–water partition coefficient (Wildman–Crippen LogP) is 2.52. The van der Waals surface area contributed by atoms with Crippen LogP contribution in [0.3, 0.4) is 0 Å². The molecule has 3 N–H and O–H groups in total. The summed E-state index contributed by atoms with van der Waals surface area (Å²) in [5, 5.41) is 24.4. The minimum absolute atomic E-state index is 0.0423. The number of rotatable bonds is 4. The number of fused-ring (bicyclic) bond motifs is 1. The molecule has 6 nitrogen and oxygen atoms in total. The number of aromatic amines is 1. The van der Waals surface area contributed by atoms with Crippen molar-refractivity contribution in [3.8, 4) is 5.75 Å². The lowest BCUT2D eigenvalue weighted by Gasteiger charge is -2.35. The monoisotopic (exact) mass is 356 g/mol. The highest BCUT2D eigenvalue weighted by Crippen LogP contribution is 2.37. The highest BCUT2D eigenvalue weighted by molar-refractivity contribution is 7.08. The van der Waals surface area contributed by atoms with Crippen molar-refractivity contribution < 1.29 is 10.2 Å². The largest absolute Gasteiger partial charge is 0.506 e. The number of nitrogens with zero attached hydrogens (tertiary/aromatic N) is 3. The summed E-state index contributed by atoms with van der Waals surface area (Å²) in [6.45, 7) is 3.03. The first kappa shape index (κ1) is 16.3. The smallest absolute Gasteiger partial charge is 0.141 e. The minimum Gasteiger partial charge on any atom is -0.506 e. The van der Waals surface area contributed by atoms with Crippen LogP contribution in [0, 0.1) is 6.92 Å². The van der Waals surface area contributed by atoms with Gasteiger partial charge in [0.1, 0.15) is 5.75 Å². The van der Waals surface area contributed by atoms with E-state index >= 15 is 0 Å². The standard InChI is InChI=1S/C18H20N4O2S/c1-11-18(24)14(13(8-23)6-19-11)7-22-4-2-15-16(21-10-20-15)17(22)12-3-5-25-9-12/h3,5-6,9-10,17,23-24H,2,4,7-8H2,1H3,(H,20,21)/t17-/m0/s1. The number of thiophene rings is 1. The van der Waals surface area contributed by atoms with Gasteiger partial charge in [-0.05, 0) is 29.3 Å². The molecular weight excluding hydrogens is 336 g/mol. The zero-order valence-corrected chi connectivity index (χ0v) is 14.8. The maximum Gasteiger partial charge on any atom is 0.141 e. The molecule has 1 aliphatic heterocycles. The van der Waals surface area contributed by atoms with Crippen LogP contribution in [0.15, 0.2) is 29.4 Å². The summed E-state index contributed by atoms with van der Waals surface area (Å²) in [7, 11) is 0. The van der Waals surface area contributed by atoms with Gasteiger partial charge in [0.25, 0.3) is 0 Å². The summed E-state index contributed by atoms with van der Waals surface area (Å²) >= 11 is 1.67. The second-order valence-corrected chi connectivity index (χ2v) is 7.08. The van der Waals surface area contributed by atoms with Gasteiger partial charge in [-0.25, -0.2) is 4.98 Å². The van der Waals surface area contributed by atoms with E-state index < -0.39 is 0 Å². The van der Waals surface area contributed by atoms with Gasteiger partial charge in [0.15, 0.2) is 0 Å². The van der Waals surface area contributed by atoms with Gasteiger partial charge in [0.2, 0.25) is 0 Å². The van der Waals surface area contributed by atoms with Gasteiger partial charge in [0, 0.05) is 42.5 Å². The topological polar surface area (TPSA) is 85.3 Å². The number of aliphatic hydroxyl groups is 1. The van der Waals surface area contributed by atoms with E-state index in [9.17, 15) is 10.2 Å². The van der Waals surface area contributed by atoms with Crippen molar-refractivity contribution in [1.82, 2.24) is 19.9 Å². The Bertz CT molecular complexity index is 875. The molecule has 1 aliphatic rings. The van der Waals surface area contributed by atoms with Crippen LogP contribution in [0.25, 0.3) is 0 Å². The molecule has 0 bridgehead atoms. The molecule has 4 heterocycles. The fourth-order valence-electron chi connectivity index (χ4n) is 3.49. The SMILES string of the molecule is Cc1ncc(CO)c(CN2CCc3[nH]cnc3[C@@H]2c2ccsc2)c1O. The van der Waals surface area contributed by atoms with E-state index in [0.717, 1.165) is 24.2 Å². The quantitative estimate of drug-likeness (QED) is 0.669. The van der Waals surface area contributed by atoms with E-state index in [1.807, 2.05) is 0 Å². The van der Waals surface area contributed by atoms with Crippen LogP contribution in [0.2, 0.25) is 0 Å². The van der Waals surface area contributed by atoms with Crippen molar-refractivity contribution in [3.05, 3.63) is 63.1 Å². The first-order valence-electron chi connectivity index (χ1n) is 8.24. The Labute approximate surface area is 149 Å². The van der Waals surface area contributed by atoms with Crippen LogP contribution in [0.1, 0.15) is 39.8 Å². The molecule has 0 saturated heterocycles. The van der Waals surface area contributed by atoms with Crippen LogP contribution in [-0.4, -0.2) is 36.6 Å². The van der Waals surface area contributed by atoms with Gasteiger partial charge in [-0.2, -0.15) is 11.3 Å². The Hall–Kier alpha value is -2.22. The normalized spacial score (nSPS) is 17.6. The maximum absolute atomic E-state index is 10.5. The average molecular weight is 356 g/mol. The summed E-state index contributed by atoms with van der Waals surface area (Å²) in [6, 6.07) is 2.16. The number of nitrogens with one attached hydrogen (secondary N) is 1. The Morgan fingerprint density at radius 2 is 2.28 bits per heavy atom. The summed E-state index contributed by atoms with van der Waals surface area (Å²) in [5.74, 6) is 0.170. The molecule has 25 heavy (non-hydrogen) atoms. The summed E-state index contributed by atoms with van der Waals surface area (Å²) in [4.78, 5) is 14.3. The zero-order chi connectivity index (χ0) is 17.4. The predicted molar refractivity (Wildman–Crippen MR) is 95.4 cm³/mol. The molecule has 0 saturated carbocycles. The third-order valence-electron chi connectivity index (χ3n) is 4.85. The summed E-state index contributed by atoms with van der Waals surface area (Å²) < 4.78 is 0. The van der Waals surface area contributed by atoms with Crippen molar-refractivity contribution in [1.29, 1.82) is 0 Å². The average Bonchev–Trinajstić information content (AvgIpc) is 3.30. The molecule has 0 amide bonds. The van der Waals surface area contributed by atoms with Crippen LogP contribution in [0.5, 0.6) is 5.75 Å². The van der Waals surface area contributed by atoms with E-state index in [1.165, 1.54) is 11.3 Å². The molecule has 3 aromatic heterocycles. The number of aromatic nitrogens is 3. The van der Waals surface area contributed by atoms with Crippen LogP contribution in [-0.2, 0) is 19.6 Å². The maximum atomic E-state index is 10.5. The van der Waals surface area contributed by atoms with Crippen molar-refractivity contribution in [3.63, 3.8) is 0 Å². The molecule has 0 aliphatic carbocycles. The van der Waals surface area contributed by atoms with Crippen molar-refractivity contribution in [2.24, 2.45) is 0 Å². The van der Waals surface area contributed by atoms with E-state index in [4.69, 9.17) is 0 Å². The Kier molecular flexibility index (Phi) is 4.29. The van der Waals surface area contributed by atoms with Crippen molar-refractivity contribution >= 4 is 11.3 Å². The molecule has 130 valence electrons. The summed E-state index contributed by atoms with van der Waals surface area (Å²) in [5.41, 5.74) is 5.41. The van der Waals surface area contributed by atoms with E-state index in [0.29, 0.717) is 17.8 Å². The first-order valence-corrected chi connectivity index (χ1v) is 9.18. The number of H-pyrrole nitrogens is 1. The minimum atomic E-state index is -0.138. The van der Waals surface area contributed by atoms with Gasteiger partial charge in [-0.15, -0.1) is 0 Å². The van der Waals surface area contributed by atoms with Gasteiger partial charge in [-0.3, -0.25) is 9.88 Å². The Morgan fingerprint density at radius 3 is 3.04 bits per heavy atom. The highest BCUT2D eigenvalue weighted by atomic mass is 32.1. The second-order valence-electron chi connectivity index (χ2n) is 6.30. The summed E-state index contributed by atoms with van der Waals surface area (Å²) in [6.07, 6.45) is 4.28. The fraction of sp³-hybridized carbons (Fsp3) is 0.333. The van der Waals surface area contributed by atoms with Crippen molar-refractivity contribution in [2.45, 2.75) is 32.5 Å². The highest BCUT2D eigenvalue weighted by Gasteiger charge is 2.32. The van der Waals surface area contributed by atoms with Gasteiger partial charge in [-0.1, -0.05) is 0 Å². The fourth-order valence-corrected chi connectivity index (χ4v) is 4.17. The molecule has 0 unspecified atom stereocenters. The van der Waals surface area contributed by atoms with Crippen LogP contribution in [0.4, 0.5) is 0 Å². The second kappa shape index (κ2) is 6.59. The number of aromatic hydroxyl groups is 1. The van der Waals surface area contributed by atoms with E-state index in [1.54, 1.807) is 30.8 Å². The molecule has 0 aromatic carbocycles. The van der Waals surface area contributed by atoms with Crippen LogP contribution >= 0.6 is 11.3 Å². The lowest BCUT2D eigenvalue weighted by Crippen LogP contribution is -2.36. The molecule has 3 aromatic rings. The number of hydrogen-bond donors (Lipinski definition) is 3. The molecule has 1 atom stereocenters. The molecule has 4 rings (SSSR count). The molecule has 7 heteroatoms. The van der Waals surface area contributed by atoms with E-state index in [2.05, 4.69) is 36.7 Å². The first-order chi connectivity index (χ1) is 12.2. The molecule has 0 spiro atoms. The van der Waals surface area contributed by atoms with Gasteiger partial charge < -0.3 is 15.2 Å². The molecule has 0 radical (unpaired) electrons. The lowest BCUT2D eigenvalue weighted by molar-refractivity contribution is 0.195. The number of hydrogen-bond acceptors (Lipinski definition) is 6. The van der Waals surface area contributed by atoms with Gasteiger partial charge >= 0.3 is 0 Å². The van der Waals surface area contributed by atoms with E-state index in [-0.39, 0.29) is 18.4 Å². The number of pyridine rings is 1. The number of aliphatic hydroxyl groups excluding tert-OH is 1. The third kappa shape index (κ3) is 2.84. The number of aryl methyl sites for hydroxylation is 1. The third-order valence-corrected chi connectivity index (χ3v) is 5.55. The van der Waals surface area contributed by atoms with Gasteiger partial charge in [0.05, 0.1) is 30.4 Å². The Morgan fingerprint density at radius 1 is 1.40 bits per heavy atom. The van der Waals surface area contributed by atoms with Crippen LogP contribution < -0.4 is 0 Å². The van der Waals surface area contributed by atoms with Crippen molar-refractivity contribution in [2.75, 3.05) is 6.54 Å².